The molecule has 0 spiro atoms. The quantitative estimate of drug-likeness (QED) is 0.568. The lowest BCUT2D eigenvalue weighted by Gasteiger charge is -2.22. The molecule has 3 aromatic carbocycles. The first-order chi connectivity index (χ1) is 14.8. The summed E-state index contributed by atoms with van der Waals surface area (Å²) in [5.74, 6) is -0.814. The first-order valence-corrected chi connectivity index (χ1v) is 11.2. The molecule has 8 heteroatoms. The fourth-order valence-corrected chi connectivity index (χ4v) is 3.83. The van der Waals surface area contributed by atoms with Crippen molar-refractivity contribution in [1.82, 2.24) is 0 Å². The maximum atomic E-state index is 12.5. The van der Waals surface area contributed by atoms with E-state index in [-0.39, 0.29) is 12.5 Å². The zero-order valence-corrected chi connectivity index (χ0v) is 17.9. The number of hydrogen-bond acceptors (Lipinski definition) is 5. The number of esters is 1. The Morgan fingerprint density at radius 1 is 0.871 bits per heavy atom. The Morgan fingerprint density at radius 3 is 2.00 bits per heavy atom. The van der Waals surface area contributed by atoms with Gasteiger partial charge >= 0.3 is 5.97 Å². The molecule has 0 saturated heterocycles. The summed E-state index contributed by atoms with van der Waals surface area (Å²) in [4.78, 5) is 24.0. The molecule has 160 valence electrons. The van der Waals surface area contributed by atoms with E-state index in [0.29, 0.717) is 22.5 Å². The molecule has 0 atom stereocenters. The van der Waals surface area contributed by atoms with Gasteiger partial charge < -0.3 is 10.1 Å². The van der Waals surface area contributed by atoms with Gasteiger partial charge in [0.25, 0.3) is 5.91 Å². The van der Waals surface area contributed by atoms with Crippen molar-refractivity contribution in [3.63, 3.8) is 0 Å². The van der Waals surface area contributed by atoms with Gasteiger partial charge in [0.05, 0.1) is 31.2 Å². The molecule has 0 fully saturated rings. The van der Waals surface area contributed by atoms with E-state index in [1.807, 2.05) is 30.3 Å². The minimum absolute atomic E-state index is 0.192. The highest BCUT2D eigenvalue weighted by Gasteiger charge is 2.18. The van der Waals surface area contributed by atoms with E-state index >= 15 is 0 Å². The van der Waals surface area contributed by atoms with E-state index in [9.17, 15) is 18.0 Å². The number of anilines is 2. The highest BCUT2D eigenvalue weighted by atomic mass is 32.2. The van der Waals surface area contributed by atoms with Gasteiger partial charge in [0.1, 0.15) is 0 Å². The number of methoxy groups -OCH3 is 1. The van der Waals surface area contributed by atoms with E-state index in [1.165, 1.54) is 11.4 Å². The van der Waals surface area contributed by atoms with Gasteiger partial charge in [0.15, 0.2) is 0 Å². The molecule has 0 bridgehead atoms. The molecule has 0 unspecified atom stereocenters. The third-order valence-electron chi connectivity index (χ3n) is 4.55. The van der Waals surface area contributed by atoms with Crippen molar-refractivity contribution in [1.29, 1.82) is 0 Å². The molecule has 0 aromatic heterocycles. The van der Waals surface area contributed by atoms with Gasteiger partial charge in [-0.2, -0.15) is 0 Å². The van der Waals surface area contributed by atoms with Gasteiger partial charge in [-0.25, -0.2) is 13.2 Å². The number of hydrogen-bond donors (Lipinski definition) is 1. The number of carbonyl (C=O) groups excluding carboxylic acids is 2. The predicted octanol–water partition coefficient (Wildman–Crippen LogP) is 3.69. The van der Waals surface area contributed by atoms with Crippen LogP contribution in [0.5, 0.6) is 0 Å². The molecule has 7 nitrogen and oxygen atoms in total. The molecule has 31 heavy (non-hydrogen) atoms. The largest absolute Gasteiger partial charge is 0.465 e. The molecule has 0 aliphatic rings. The van der Waals surface area contributed by atoms with Gasteiger partial charge in [-0.3, -0.25) is 9.10 Å². The van der Waals surface area contributed by atoms with Crippen molar-refractivity contribution in [2.45, 2.75) is 6.54 Å². The average molecular weight is 439 g/mol. The Bertz CT molecular complexity index is 1160. The fraction of sp³-hybridized carbons (Fsp3) is 0.130. The first kappa shape index (κ1) is 22.0. The van der Waals surface area contributed by atoms with Crippen molar-refractivity contribution in [3.8, 4) is 0 Å². The molecule has 0 aliphatic carbocycles. The lowest BCUT2D eigenvalue weighted by molar-refractivity contribution is 0.0600. The highest BCUT2D eigenvalue weighted by Crippen LogP contribution is 2.22. The topological polar surface area (TPSA) is 92.8 Å². The van der Waals surface area contributed by atoms with E-state index in [2.05, 4.69) is 10.1 Å². The second-order valence-corrected chi connectivity index (χ2v) is 8.73. The first-order valence-electron chi connectivity index (χ1n) is 9.39. The van der Waals surface area contributed by atoms with Gasteiger partial charge in [-0.15, -0.1) is 0 Å². The Kier molecular flexibility index (Phi) is 6.71. The molecule has 1 N–H and O–H groups in total. The molecular formula is C23H22N2O5S. The second kappa shape index (κ2) is 9.44. The Hall–Kier alpha value is -3.65. The fourth-order valence-electron chi connectivity index (χ4n) is 2.94. The normalized spacial score (nSPS) is 10.9. The SMILES string of the molecule is COC(=O)c1ccc(NC(=O)c2ccc(N(Cc3ccccc3)S(C)(=O)=O)cc2)cc1. The summed E-state index contributed by atoms with van der Waals surface area (Å²) in [6.45, 7) is 0.192. The van der Waals surface area contributed by atoms with Crippen molar-refractivity contribution in [3.05, 3.63) is 95.6 Å². The zero-order chi connectivity index (χ0) is 22.4. The predicted molar refractivity (Wildman–Crippen MR) is 120 cm³/mol. The number of sulfonamides is 1. The monoisotopic (exact) mass is 438 g/mol. The molecule has 0 aliphatic heterocycles. The summed E-state index contributed by atoms with van der Waals surface area (Å²) >= 11 is 0. The summed E-state index contributed by atoms with van der Waals surface area (Å²) in [5.41, 5.74) is 2.58. The number of nitrogens with one attached hydrogen (secondary N) is 1. The van der Waals surface area contributed by atoms with Crippen LogP contribution in [-0.4, -0.2) is 33.7 Å². The maximum absolute atomic E-state index is 12.5. The van der Waals surface area contributed by atoms with Gasteiger partial charge in [-0.1, -0.05) is 30.3 Å². The third-order valence-corrected chi connectivity index (χ3v) is 5.69. The van der Waals surface area contributed by atoms with Crippen LogP contribution in [0.4, 0.5) is 11.4 Å². The third kappa shape index (κ3) is 5.70. The van der Waals surface area contributed by atoms with Gasteiger partial charge in [0, 0.05) is 11.3 Å². The summed E-state index contributed by atoms with van der Waals surface area (Å²) in [7, 11) is -2.22. The number of carbonyl (C=O) groups is 2. The zero-order valence-electron chi connectivity index (χ0n) is 17.1. The summed E-state index contributed by atoms with van der Waals surface area (Å²) in [6.07, 6.45) is 1.15. The number of benzene rings is 3. The summed E-state index contributed by atoms with van der Waals surface area (Å²) < 4.78 is 30.5. The minimum Gasteiger partial charge on any atom is -0.465 e. The van der Waals surface area contributed by atoms with Crippen LogP contribution in [0.2, 0.25) is 0 Å². The number of nitrogens with zero attached hydrogens (tertiary/aromatic N) is 1. The lowest BCUT2D eigenvalue weighted by Crippen LogP contribution is -2.29. The van der Waals surface area contributed by atoms with Crippen molar-refractivity contribution in [2.75, 3.05) is 23.0 Å². The minimum atomic E-state index is -3.52. The highest BCUT2D eigenvalue weighted by molar-refractivity contribution is 7.92. The van der Waals surface area contributed by atoms with E-state index in [4.69, 9.17) is 0 Å². The van der Waals surface area contributed by atoms with Gasteiger partial charge in [0.2, 0.25) is 10.0 Å². The van der Waals surface area contributed by atoms with Crippen LogP contribution in [0.15, 0.2) is 78.9 Å². The standard InChI is InChI=1S/C23H22N2O5S/c1-30-23(27)19-8-12-20(13-9-19)24-22(26)18-10-14-21(15-11-18)25(31(2,28)29)16-17-6-4-3-5-7-17/h3-15H,16H2,1-2H3,(H,24,26). The van der Waals surface area contributed by atoms with Crippen LogP contribution in [0.25, 0.3) is 0 Å². The number of amides is 1. The summed E-state index contributed by atoms with van der Waals surface area (Å²) in [6, 6.07) is 21.9. The van der Waals surface area contributed by atoms with Crippen LogP contribution < -0.4 is 9.62 Å². The van der Waals surface area contributed by atoms with E-state index in [0.717, 1.165) is 11.8 Å². The van der Waals surface area contributed by atoms with Crippen LogP contribution in [0, 0.1) is 0 Å². The van der Waals surface area contributed by atoms with Crippen molar-refractivity contribution in [2.24, 2.45) is 0 Å². The van der Waals surface area contributed by atoms with Crippen LogP contribution >= 0.6 is 0 Å². The molecular weight excluding hydrogens is 416 g/mol. The van der Waals surface area contributed by atoms with Crippen molar-refractivity contribution < 1.29 is 22.7 Å². The Labute approximate surface area is 181 Å². The van der Waals surface area contributed by atoms with E-state index in [1.54, 1.807) is 48.5 Å². The smallest absolute Gasteiger partial charge is 0.337 e. The van der Waals surface area contributed by atoms with E-state index < -0.39 is 16.0 Å². The molecule has 0 radical (unpaired) electrons. The average Bonchev–Trinajstić information content (AvgIpc) is 2.77. The van der Waals surface area contributed by atoms with Crippen LogP contribution in [-0.2, 0) is 21.3 Å². The Morgan fingerprint density at radius 2 is 1.45 bits per heavy atom. The number of rotatable bonds is 7. The molecule has 0 saturated carbocycles. The second-order valence-electron chi connectivity index (χ2n) is 6.83. The van der Waals surface area contributed by atoms with Gasteiger partial charge in [-0.05, 0) is 54.1 Å². The molecule has 0 heterocycles. The Balaban J connectivity index is 1.74. The number of ether oxygens (including phenoxy) is 1. The maximum Gasteiger partial charge on any atom is 0.337 e. The summed E-state index contributed by atoms with van der Waals surface area (Å²) in [5, 5.41) is 2.74. The lowest BCUT2D eigenvalue weighted by atomic mass is 10.1. The molecule has 1 amide bonds. The van der Waals surface area contributed by atoms with Crippen molar-refractivity contribution >= 4 is 33.3 Å². The van der Waals surface area contributed by atoms with Crippen LogP contribution in [0.1, 0.15) is 26.3 Å². The van der Waals surface area contributed by atoms with Crippen LogP contribution in [0.3, 0.4) is 0 Å². The molecule has 3 aromatic rings. The molecule has 3 rings (SSSR count).